The zero-order valence-electron chi connectivity index (χ0n) is 14.7. The van der Waals surface area contributed by atoms with E-state index in [0.29, 0.717) is 27.2 Å². The van der Waals surface area contributed by atoms with Gasteiger partial charge in [0, 0.05) is 29.7 Å². The molecule has 0 saturated heterocycles. The monoisotopic (exact) mass is 419 g/mol. The number of anilines is 1. The van der Waals surface area contributed by atoms with Crippen LogP contribution in [-0.2, 0) is 12.7 Å². The van der Waals surface area contributed by atoms with Crippen molar-refractivity contribution in [2.75, 3.05) is 5.32 Å². The molecule has 2 aromatic carbocycles. The highest BCUT2D eigenvalue weighted by atomic mass is 32.1. The van der Waals surface area contributed by atoms with Gasteiger partial charge in [-0.2, -0.15) is 13.2 Å². The lowest BCUT2D eigenvalue weighted by molar-refractivity contribution is -0.137. The maximum atomic E-state index is 13.8. The van der Waals surface area contributed by atoms with E-state index in [-0.39, 0.29) is 6.54 Å². The first-order valence-corrected chi connectivity index (χ1v) is 9.34. The molecule has 0 bridgehead atoms. The van der Waals surface area contributed by atoms with Crippen molar-refractivity contribution in [1.29, 1.82) is 0 Å². The second-order valence-electron chi connectivity index (χ2n) is 6.32. The number of nitrogens with zero attached hydrogens (tertiary/aromatic N) is 2. The van der Waals surface area contributed by atoms with Crippen molar-refractivity contribution in [1.82, 2.24) is 9.55 Å². The Kier molecular flexibility index (Phi) is 4.83. The standard InChI is InChI=1S/C20H13F4N3OS/c21-14-5-6-15-16(18(28)26-19-25-7-8-29-19)11-27(17(15)9-14)10-12-1-3-13(4-2-12)20(22,23)24/h1-9,11H,10H2,(H,25,26,28). The summed E-state index contributed by atoms with van der Waals surface area (Å²) in [7, 11) is 0. The van der Waals surface area contributed by atoms with Crippen LogP contribution in [0.3, 0.4) is 0 Å². The van der Waals surface area contributed by atoms with Gasteiger partial charge in [0.25, 0.3) is 5.91 Å². The summed E-state index contributed by atoms with van der Waals surface area (Å²) in [6, 6.07) is 8.77. The van der Waals surface area contributed by atoms with Gasteiger partial charge in [-0.25, -0.2) is 9.37 Å². The zero-order chi connectivity index (χ0) is 20.6. The Morgan fingerprint density at radius 2 is 1.90 bits per heavy atom. The molecule has 4 nitrogen and oxygen atoms in total. The van der Waals surface area contributed by atoms with Crippen molar-refractivity contribution >= 4 is 33.3 Å². The van der Waals surface area contributed by atoms with Gasteiger partial charge in [-0.05, 0) is 35.9 Å². The summed E-state index contributed by atoms with van der Waals surface area (Å²) in [5.41, 5.74) is 0.635. The largest absolute Gasteiger partial charge is 0.416 e. The summed E-state index contributed by atoms with van der Waals surface area (Å²) in [5, 5.41) is 5.37. The highest BCUT2D eigenvalue weighted by molar-refractivity contribution is 7.13. The van der Waals surface area contributed by atoms with Crippen LogP contribution >= 0.6 is 11.3 Å². The van der Waals surface area contributed by atoms with Crippen LogP contribution < -0.4 is 5.32 Å². The zero-order valence-corrected chi connectivity index (χ0v) is 15.5. The summed E-state index contributed by atoms with van der Waals surface area (Å²) in [4.78, 5) is 16.7. The average Bonchev–Trinajstić information content (AvgIpc) is 3.29. The van der Waals surface area contributed by atoms with Gasteiger partial charge in [0.1, 0.15) is 5.82 Å². The second-order valence-corrected chi connectivity index (χ2v) is 7.21. The van der Waals surface area contributed by atoms with E-state index in [1.807, 2.05) is 0 Å². The van der Waals surface area contributed by atoms with E-state index in [1.165, 1.54) is 41.7 Å². The highest BCUT2D eigenvalue weighted by Crippen LogP contribution is 2.30. The maximum absolute atomic E-state index is 13.8. The van der Waals surface area contributed by atoms with Crippen LogP contribution in [0.1, 0.15) is 21.5 Å². The molecule has 4 aromatic rings. The first-order chi connectivity index (χ1) is 13.8. The fourth-order valence-corrected chi connectivity index (χ4v) is 3.55. The van der Waals surface area contributed by atoms with Gasteiger partial charge in [-0.1, -0.05) is 12.1 Å². The predicted octanol–water partition coefficient (Wildman–Crippen LogP) is 5.56. The van der Waals surface area contributed by atoms with Gasteiger partial charge in [0.15, 0.2) is 5.13 Å². The third kappa shape index (κ3) is 4.00. The van der Waals surface area contributed by atoms with E-state index >= 15 is 0 Å². The van der Waals surface area contributed by atoms with Crippen molar-refractivity contribution in [3.8, 4) is 0 Å². The van der Waals surface area contributed by atoms with Crippen molar-refractivity contribution in [2.24, 2.45) is 0 Å². The summed E-state index contributed by atoms with van der Waals surface area (Å²) in [5.74, 6) is -0.876. The van der Waals surface area contributed by atoms with Crippen molar-refractivity contribution in [3.63, 3.8) is 0 Å². The predicted molar refractivity (Wildman–Crippen MR) is 103 cm³/mol. The molecule has 0 atom stereocenters. The average molecular weight is 419 g/mol. The molecule has 0 aliphatic carbocycles. The van der Waals surface area contributed by atoms with E-state index in [0.717, 1.165) is 12.1 Å². The van der Waals surface area contributed by atoms with E-state index in [9.17, 15) is 22.4 Å². The number of hydrogen-bond acceptors (Lipinski definition) is 3. The number of rotatable bonds is 4. The summed E-state index contributed by atoms with van der Waals surface area (Å²) >= 11 is 1.26. The fraction of sp³-hybridized carbons (Fsp3) is 0.100. The van der Waals surface area contributed by atoms with E-state index < -0.39 is 23.5 Å². The molecular formula is C20H13F4N3OS. The lowest BCUT2D eigenvalue weighted by Gasteiger charge is -2.09. The lowest BCUT2D eigenvalue weighted by Crippen LogP contribution is -2.11. The van der Waals surface area contributed by atoms with Gasteiger partial charge in [-0.15, -0.1) is 11.3 Å². The molecule has 9 heteroatoms. The molecule has 0 spiro atoms. The minimum absolute atomic E-state index is 0.183. The Morgan fingerprint density at radius 3 is 2.55 bits per heavy atom. The Hall–Kier alpha value is -3.20. The van der Waals surface area contributed by atoms with Crippen LogP contribution in [0.15, 0.2) is 60.2 Å². The summed E-state index contributed by atoms with van der Waals surface area (Å²) in [6.45, 7) is 0.183. The van der Waals surface area contributed by atoms with Gasteiger partial charge >= 0.3 is 6.18 Å². The number of aromatic nitrogens is 2. The Morgan fingerprint density at radius 1 is 1.14 bits per heavy atom. The van der Waals surface area contributed by atoms with Gasteiger partial charge in [-0.3, -0.25) is 10.1 Å². The molecule has 0 unspecified atom stereocenters. The third-order valence-electron chi connectivity index (χ3n) is 4.38. The first-order valence-electron chi connectivity index (χ1n) is 8.46. The number of carbonyl (C=O) groups excluding carboxylic acids is 1. The second kappa shape index (κ2) is 7.32. The molecule has 0 radical (unpaired) electrons. The molecule has 0 aliphatic rings. The van der Waals surface area contributed by atoms with Crippen LogP contribution in [0, 0.1) is 5.82 Å². The number of alkyl halides is 3. The normalized spacial score (nSPS) is 11.7. The van der Waals surface area contributed by atoms with Gasteiger partial charge < -0.3 is 4.57 Å². The summed E-state index contributed by atoms with van der Waals surface area (Å²) in [6.07, 6.45) is -1.29. The van der Waals surface area contributed by atoms with Crippen molar-refractivity contribution in [2.45, 2.75) is 12.7 Å². The molecule has 2 heterocycles. The van der Waals surface area contributed by atoms with E-state index in [4.69, 9.17) is 0 Å². The highest BCUT2D eigenvalue weighted by Gasteiger charge is 2.30. The number of nitrogens with one attached hydrogen (secondary N) is 1. The molecule has 0 aliphatic heterocycles. The van der Waals surface area contributed by atoms with Gasteiger partial charge in [0.2, 0.25) is 0 Å². The summed E-state index contributed by atoms with van der Waals surface area (Å²) < 4.78 is 53.7. The first kappa shape index (κ1) is 19.1. The molecule has 2 aromatic heterocycles. The lowest BCUT2D eigenvalue weighted by atomic mass is 10.1. The molecule has 1 N–H and O–H groups in total. The fourth-order valence-electron chi connectivity index (χ4n) is 3.02. The number of halogens is 4. The van der Waals surface area contributed by atoms with Crippen molar-refractivity contribution < 1.29 is 22.4 Å². The van der Waals surface area contributed by atoms with E-state index in [2.05, 4.69) is 10.3 Å². The number of carbonyl (C=O) groups is 1. The van der Waals surface area contributed by atoms with Crippen LogP contribution in [-0.4, -0.2) is 15.5 Å². The number of hydrogen-bond donors (Lipinski definition) is 1. The number of benzene rings is 2. The smallest absolute Gasteiger partial charge is 0.342 e. The maximum Gasteiger partial charge on any atom is 0.416 e. The Labute approximate surface area is 166 Å². The molecule has 148 valence electrons. The molecule has 4 rings (SSSR count). The molecule has 1 amide bonds. The molecule has 29 heavy (non-hydrogen) atoms. The SMILES string of the molecule is O=C(Nc1nccs1)c1cn(Cc2ccc(C(F)(F)F)cc2)c2cc(F)ccc12. The quantitative estimate of drug-likeness (QED) is 0.441. The third-order valence-corrected chi connectivity index (χ3v) is 5.06. The van der Waals surface area contributed by atoms with Gasteiger partial charge in [0.05, 0.1) is 16.6 Å². The van der Waals surface area contributed by atoms with Crippen LogP contribution in [0.5, 0.6) is 0 Å². The Bertz CT molecular complexity index is 1170. The minimum Gasteiger partial charge on any atom is -0.342 e. The topological polar surface area (TPSA) is 46.9 Å². The number of fused-ring (bicyclic) bond motifs is 1. The molecule has 0 fully saturated rings. The molecule has 0 saturated carbocycles. The van der Waals surface area contributed by atoms with Crippen LogP contribution in [0.4, 0.5) is 22.7 Å². The van der Waals surface area contributed by atoms with Crippen LogP contribution in [0.2, 0.25) is 0 Å². The Balaban J connectivity index is 1.69. The van der Waals surface area contributed by atoms with Crippen molar-refractivity contribution in [3.05, 3.63) is 82.7 Å². The van der Waals surface area contributed by atoms with Crippen LogP contribution in [0.25, 0.3) is 10.9 Å². The van der Waals surface area contributed by atoms with E-state index in [1.54, 1.807) is 22.3 Å². The number of thiazole rings is 1. The minimum atomic E-state index is -4.41. The molecular weight excluding hydrogens is 406 g/mol. The number of amides is 1.